The molecule has 1 saturated heterocycles. The number of halogens is 1. The molecule has 0 spiro atoms. The molecular formula is C38H49FN2O4. The van der Waals surface area contributed by atoms with Crippen molar-refractivity contribution < 1.29 is 23.4 Å². The molecule has 0 aliphatic carbocycles. The van der Waals surface area contributed by atoms with Gasteiger partial charge in [-0.05, 0) is 121 Å². The van der Waals surface area contributed by atoms with Crippen LogP contribution >= 0.6 is 0 Å². The monoisotopic (exact) mass is 616 g/mol. The van der Waals surface area contributed by atoms with E-state index in [0.29, 0.717) is 0 Å². The molecule has 3 heterocycles. The Kier molecular flexibility index (Phi) is 9.33. The summed E-state index contributed by atoms with van der Waals surface area (Å²) in [5, 5.41) is 0. The van der Waals surface area contributed by atoms with E-state index in [4.69, 9.17) is 19.2 Å². The third-order valence-electron chi connectivity index (χ3n) is 8.85. The topological polar surface area (TPSA) is 60.9 Å². The Labute approximate surface area is 268 Å². The zero-order chi connectivity index (χ0) is 32.7. The van der Waals surface area contributed by atoms with Gasteiger partial charge in [0.25, 0.3) is 0 Å². The van der Waals surface area contributed by atoms with Crippen LogP contribution in [0, 0.1) is 25.1 Å². The van der Waals surface area contributed by atoms with E-state index in [1.807, 2.05) is 47.6 Å². The van der Waals surface area contributed by atoms with E-state index in [9.17, 15) is 9.18 Å². The summed E-state index contributed by atoms with van der Waals surface area (Å²) < 4.78 is 32.3. The number of hydrogen-bond acceptors (Lipinski definition) is 6. The Balaban J connectivity index is 1.63. The van der Waals surface area contributed by atoms with E-state index in [1.54, 1.807) is 12.1 Å². The highest BCUT2D eigenvalue weighted by Crippen LogP contribution is 2.46. The number of anilines is 1. The van der Waals surface area contributed by atoms with Crippen molar-refractivity contribution in [2.75, 3.05) is 18.0 Å². The Morgan fingerprint density at radius 1 is 1.04 bits per heavy atom. The molecule has 2 unspecified atom stereocenters. The molecule has 45 heavy (non-hydrogen) atoms. The fraction of sp³-hybridized carbons (Fsp3) is 0.526. The first kappa shape index (κ1) is 32.9. The third kappa shape index (κ3) is 7.51. The molecule has 1 fully saturated rings. The van der Waals surface area contributed by atoms with Gasteiger partial charge in [-0.3, -0.25) is 4.98 Å². The number of pyridine rings is 1. The minimum absolute atomic E-state index is 0.118. The predicted molar refractivity (Wildman–Crippen MR) is 177 cm³/mol. The summed E-state index contributed by atoms with van der Waals surface area (Å²) in [5.41, 5.74) is 7.27. The summed E-state index contributed by atoms with van der Waals surface area (Å²) in [7, 11) is 0. The molecule has 0 saturated carbocycles. The number of rotatable bonds is 7. The Morgan fingerprint density at radius 3 is 2.33 bits per heavy atom. The van der Waals surface area contributed by atoms with Crippen LogP contribution in [-0.4, -0.2) is 35.7 Å². The molecule has 2 aliphatic rings. The molecule has 0 radical (unpaired) electrons. The van der Waals surface area contributed by atoms with Crippen LogP contribution in [0.15, 0.2) is 42.5 Å². The SMILES string of the molecule is Cc1nc(C)c(C(OC(C)(C)C)C(=O)OC(C)C)c(N2CCC(C)(C)CC2)c1-c1ccc2c(c1)CCC(c1ccc(F)cc1)O2. The van der Waals surface area contributed by atoms with Gasteiger partial charge in [-0.2, -0.15) is 0 Å². The molecule has 0 bridgehead atoms. The predicted octanol–water partition coefficient (Wildman–Crippen LogP) is 9.01. The van der Waals surface area contributed by atoms with Crippen LogP contribution in [0.2, 0.25) is 0 Å². The van der Waals surface area contributed by atoms with Crippen molar-refractivity contribution in [2.24, 2.45) is 5.41 Å². The number of aryl methyl sites for hydroxylation is 3. The lowest BCUT2D eigenvalue weighted by Gasteiger charge is -2.41. The smallest absolute Gasteiger partial charge is 0.340 e. The lowest BCUT2D eigenvalue weighted by molar-refractivity contribution is -0.171. The number of esters is 1. The first-order valence-electron chi connectivity index (χ1n) is 16.3. The van der Waals surface area contributed by atoms with Crippen molar-refractivity contribution in [3.05, 3.63) is 76.4 Å². The summed E-state index contributed by atoms with van der Waals surface area (Å²) in [6, 6.07) is 12.9. The van der Waals surface area contributed by atoms with Crippen LogP contribution in [0.1, 0.15) is 108 Å². The van der Waals surface area contributed by atoms with Gasteiger partial charge in [-0.15, -0.1) is 0 Å². The largest absolute Gasteiger partial charge is 0.485 e. The van der Waals surface area contributed by atoms with Crippen molar-refractivity contribution in [3.63, 3.8) is 0 Å². The first-order chi connectivity index (χ1) is 21.1. The van der Waals surface area contributed by atoms with Crippen molar-refractivity contribution >= 4 is 11.7 Å². The normalized spacial score (nSPS) is 18.7. The summed E-state index contributed by atoms with van der Waals surface area (Å²) in [6.45, 7) is 20.0. The Hall–Kier alpha value is -3.45. The maximum Gasteiger partial charge on any atom is 0.340 e. The Bertz CT molecular complexity index is 1530. The third-order valence-corrected chi connectivity index (χ3v) is 8.85. The molecule has 6 nitrogen and oxygen atoms in total. The molecule has 2 aliphatic heterocycles. The molecule has 0 amide bonds. The highest BCUT2D eigenvalue weighted by Gasteiger charge is 2.38. The summed E-state index contributed by atoms with van der Waals surface area (Å²) in [6.07, 6.45) is 2.39. The van der Waals surface area contributed by atoms with Crippen LogP contribution in [0.3, 0.4) is 0 Å². The van der Waals surface area contributed by atoms with E-state index in [2.05, 4.69) is 37.8 Å². The number of piperidine rings is 1. The van der Waals surface area contributed by atoms with Crippen LogP contribution < -0.4 is 9.64 Å². The quantitative estimate of drug-likeness (QED) is 0.247. The van der Waals surface area contributed by atoms with Gasteiger partial charge in [-0.25, -0.2) is 9.18 Å². The minimum Gasteiger partial charge on any atom is -0.485 e. The number of fused-ring (bicyclic) bond motifs is 1. The van der Waals surface area contributed by atoms with Gasteiger partial charge in [0.15, 0.2) is 6.10 Å². The summed E-state index contributed by atoms with van der Waals surface area (Å²) in [4.78, 5) is 21.3. The first-order valence-corrected chi connectivity index (χ1v) is 16.3. The second-order valence-corrected chi connectivity index (χ2v) is 14.7. The summed E-state index contributed by atoms with van der Waals surface area (Å²) >= 11 is 0. The van der Waals surface area contributed by atoms with Crippen molar-refractivity contribution in [3.8, 4) is 16.9 Å². The zero-order valence-electron chi connectivity index (χ0n) is 28.4. The standard InChI is InChI=1S/C38H49FN2O4/c1-23(2)43-36(42)35(45-37(5,6)7)33-25(4)40-24(3)32(34(33)41-20-18-38(8,9)19-21-41)28-13-17-31-27(22-28)12-16-30(44-31)26-10-14-29(39)15-11-26/h10-11,13-15,17,22-23,30,35H,12,16,18-21H2,1-9H3. The van der Waals surface area contributed by atoms with E-state index >= 15 is 0 Å². The number of benzene rings is 2. The van der Waals surface area contributed by atoms with Gasteiger partial charge < -0.3 is 19.1 Å². The fourth-order valence-corrected chi connectivity index (χ4v) is 6.50. The highest BCUT2D eigenvalue weighted by molar-refractivity contribution is 5.89. The van der Waals surface area contributed by atoms with E-state index in [-0.39, 0.29) is 23.4 Å². The maximum absolute atomic E-state index is 13.8. The molecule has 242 valence electrons. The maximum atomic E-state index is 13.8. The fourth-order valence-electron chi connectivity index (χ4n) is 6.50. The van der Waals surface area contributed by atoms with Gasteiger partial charge in [0.1, 0.15) is 17.7 Å². The van der Waals surface area contributed by atoms with E-state index in [0.717, 1.165) is 89.4 Å². The molecule has 0 N–H and O–H groups in total. The average Bonchev–Trinajstić information content (AvgIpc) is 2.95. The average molecular weight is 617 g/mol. The van der Waals surface area contributed by atoms with Crippen molar-refractivity contribution in [1.82, 2.24) is 4.98 Å². The Morgan fingerprint density at radius 2 is 1.71 bits per heavy atom. The van der Waals surface area contributed by atoms with Crippen molar-refractivity contribution in [1.29, 1.82) is 0 Å². The van der Waals surface area contributed by atoms with Gasteiger partial charge in [-0.1, -0.05) is 32.0 Å². The van der Waals surface area contributed by atoms with Crippen molar-refractivity contribution in [2.45, 2.75) is 112 Å². The van der Waals surface area contributed by atoms with Gasteiger partial charge in [0, 0.05) is 35.6 Å². The highest BCUT2D eigenvalue weighted by atomic mass is 19.1. The van der Waals surface area contributed by atoms with E-state index < -0.39 is 17.7 Å². The lowest BCUT2D eigenvalue weighted by atomic mass is 9.81. The second kappa shape index (κ2) is 12.7. The molecule has 5 rings (SSSR count). The second-order valence-electron chi connectivity index (χ2n) is 14.7. The van der Waals surface area contributed by atoms with Crippen LogP contribution in [0.4, 0.5) is 10.1 Å². The number of hydrogen-bond donors (Lipinski definition) is 0. The molecule has 7 heteroatoms. The number of carbonyl (C=O) groups is 1. The molecular weight excluding hydrogens is 567 g/mol. The van der Waals surface area contributed by atoms with Crippen LogP contribution in [-0.2, 0) is 20.7 Å². The molecule has 2 aromatic carbocycles. The van der Waals surface area contributed by atoms with Gasteiger partial charge in [0.05, 0.1) is 17.4 Å². The molecule has 1 aromatic heterocycles. The number of carbonyl (C=O) groups excluding carboxylic acids is 1. The lowest BCUT2D eigenvalue weighted by Crippen LogP contribution is -2.39. The molecule has 3 aromatic rings. The number of ether oxygens (including phenoxy) is 3. The number of aromatic nitrogens is 1. The van der Waals surface area contributed by atoms with Crippen LogP contribution in [0.25, 0.3) is 11.1 Å². The summed E-state index contributed by atoms with van der Waals surface area (Å²) in [5.74, 6) is 0.193. The van der Waals surface area contributed by atoms with Crippen LogP contribution in [0.5, 0.6) is 5.75 Å². The molecule has 2 atom stereocenters. The zero-order valence-corrected chi connectivity index (χ0v) is 28.4. The minimum atomic E-state index is -0.929. The van der Waals surface area contributed by atoms with E-state index in [1.165, 1.54) is 12.1 Å². The van der Waals surface area contributed by atoms with Gasteiger partial charge >= 0.3 is 5.97 Å². The number of nitrogens with zero attached hydrogens (tertiary/aromatic N) is 2. The van der Waals surface area contributed by atoms with Gasteiger partial charge in [0.2, 0.25) is 0 Å².